The predicted octanol–water partition coefficient (Wildman–Crippen LogP) is 12.4. The van der Waals surface area contributed by atoms with Crippen LogP contribution in [0, 0.1) is 18.3 Å². The predicted molar refractivity (Wildman–Crippen MR) is 193 cm³/mol. The third kappa shape index (κ3) is 29.4. The fraction of sp³-hybridized carbons (Fsp3) is 0.805. The zero-order valence-electron chi connectivity index (χ0n) is 30.3. The number of ether oxygens (including phenoxy) is 1. The average molecular weight is 630 g/mol. The van der Waals surface area contributed by atoms with E-state index in [2.05, 4.69) is 45.1 Å². The van der Waals surface area contributed by atoms with E-state index < -0.39 is 11.9 Å². The molecule has 0 N–H and O–H groups in total. The van der Waals surface area contributed by atoms with E-state index in [9.17, 15) is 14.4 Å². The number of allylic oxidation sites excluding steroid dienone is 4. The molecule has 0 spiro atoms. The zero-order chi connectivity index (χ0) is 33.2. The maximum atomic E-state index is 12.9. The molecule has 0 aliphatic heterocycles. The van der Waals surface area contributed by atoms with Crippen LogP contribution in [-0.2, 0) is 19.1 Å². The van der Waals surface area contributed by atoms with E-state index in [-0.39, 0.29) is 17.5 Å². The van der Waals surface area contributed by atoms with Crippen molar-refractivity contribution in [3.63, 3.8) is 0 Å². The van der Waals surface area contributed by atoms with Crippen molar-refractivity contribution in [2.24, 2.45) is 11.8 Å². The van der Waals surface area contributed by atoms with Gasteiger partial charge in [0.1, 0.15) is 17.5 Å². The molecular formula is C41H73O4. The molecule has 0 fully saturated rings. The number of carbonyl (C=O) groups is 3. The number of Topliss-reactive ketones (excluding diaryl/α,β-unsaturated/α-hetero) is 2. The molecule has 45 heavy (non-hydrogen) atoms. The molecule has 0 aliphatic carbocycles. The quantitative estimate of drug-likeness (QED) is 0.0307. The summed E-state index contributed by atoms with van der Waals surface area (Å²) in [6.07, 6.45) is 41.9. The number of carbonyl (C=O) groups excluding carboxylic acids is 3. The Balaban J connectivity index is 3.98. The smallest absolute Gasteiger partial charge is 0.316 e. The second-order valence-electron chi connectivity index (χ2n) is 13.4. The molecule has 0 aromatic carbocycles. The molecule has 0 rings (SSSR count). The third-order valence-corrected chi connectivity index (χ3v) is 8.85. The largest absolute Gasteiger partial charge is 0.468 e. The molecule has 4 nitrogen and oxygen atoms in total. The first-order valence-corrected chi connectivity index (χ1v) is 19.2. The van der Waals surface area contributed by atoms with Crippen LogP contribution in [0.3, 0.4) is 0 Å². The van der Waals surface area contributed by atoms with Gasteiger partial charge in [0.05, 0.1) is 7.11 Å². The van der Waals surface area contributed by atoms with Crippen molar-refractivity contribution in [1.82, 2.24) is 0 Å². The van der Waals surface area contributed by atoms with Gasteiger partial charge in [-0.2, -0.15) is 0 Å². The normalized spacial score (nSPS) is 13.1. The van der Waals surface area contributed by atoms with E-state index in [1.54, 1.807) is 0 Å². The summed E-state index contributed by atoms with van der Waals surface area (Å²) in [5, 5.41) is 0. The first kappa shape index (κ1) is 43.3. The highest BCUT2D eigenvalue weighted by molar-refractivity contribution is 6.06. The molecular weight excluding hydrogens is 556 g/mol. The Bertz CT molecular complexity index is 753. The first-order chi connectivity index (χ1) is 22.0. The van der Waals surface area contributed by atoms with Crippen molar-refractivity contribution >= 4 is 17.5 Å². The minimum Gasteiger partial charge on any atom is -0.468 e. The number of hydrogen-bond acceptors (Lipinski definition) is 4. The molecule has 4 heteroatoms. The Morgan fingerprint density at radius 3 is 1.40 bits per heavy atom. The molecule has 0 aromatic heterocycles. The van der Waals surface area contributed by atoms with Crippen LogP contribution in [0.5, 0.6) is 0 Å². The Hall–Kier alpha value is -1.71. The summed E-state index contributed by atoms with van der Waals surface area (Å²) in [6.45, 7) is 6.59. The molecule has 0 saturated carbocycles. The highest BCUT2D eigenvalue weighted by Crippen LogP contribution is 2.20. The number of rotatable bonds is 34. The van der Waals surface area contributed by atoms with Crippen molar-refractivity contribution in [3.8, 4) is 0 Å². The van der Waals surface area contributed by atoms with Gasteiger partial charge in [0.2, 0.25) is 0 Å². The number of hydrogen-bond donors (Lipinski definition) is 0. The molecule has 0 aliphatic rings. The van der Waals surface area contributed by atoms with Gasteiger partial charge in [-0.15, -0.1) is 0 Å². The van der Waals surface area contributed by atoms with Gasteiger partial charge in [-0.1, -0.05) is 148 Å². The van der Waals surface area contributed by atoms with E-state index in [4.69, 9.17) is 4.74 Å². The molecule has 2 atom stereocenters. The molecule has 0 bridgehead atoms. The van der Waals surface area contributed by atoms with Gasteiger partial charge < -0.3 is 4.74 Å². The van der Waals surface area contributed by atoms with Crippen LogP contribution in [0.15, 0.2) is 24.3 Å². The van der Waals surface area contributed by atoms with Crippen molar-refractivity contribution in [1.29, 1.82) is 0 Å². The van der Waals surface area contributed by atoms with E-state index in [1.165, 1.54) is 123 Å². The van der Waals surface area contributed by atoms with E-state index in [0.717, 1.165) is 51.4 Å². The topological polar surface area (TPSA) is 60.4 Å². The maximum absolute atomic E-state index is 12.9. The van der Waals surface area contributed by atoms with Crippen molar-refractivity contribution in [2.75, 3.05) is 7.11 Å². The van der Waals surface area contributed by atoms with Gasteiger partial charge in [-0.25, -0.2) is 0 Å². The number of unbranched alkanes of at least 4 members (excludes halogenated alkanes) is 20. The fourth-order valence-corrected chi connectivity index (χ4v) is 5.84. The van der Waals surface area contributed by atoms with Crippen LogP contribution in [-0.4, -0.2) is 24.6 Å². The molecule has 2 unspecified atom stereocenters. The lowest BCUT2D eigenvalue weighted by Gasteiger charge is -2.16. The monoisotopic (exact) mass is 630 g/mol. The number of ketones is 2. The molecule has 261 valence electrons. The van der Waals surface area contributed by atoms with Crippen LogP contribution in [0.2, 0.25) is 0 Å². The van der Waals surface area contributed by atoms with Gasteiger partial charge in [0.25, 0.3) is 0 Å². The van der Waals surface area contributed by atoms with Crippen LogP contribution < -0.4 is 0 Å². The fourth-order valence-electron chi connectivity index (χ4n) is 5.84. The number of methoxy groups -OCH3 is 1. The summed E-state index contributed by atoms with van der Waals surface area (Å²) in [5.74, 6) is -1.79. The molecule has 1 radical (unpaired) electrons. The standard InChI is InChI=1S/C41H73O4/c1-5-7-9-11-13-15-17-19-20-22-24-26-28-30-32-34-38(42)36-39(41(44)45-4)40(43)35-37(3)33-31-29-27-25-23-21-18-16-14-12-10-8-6-2/h19-21,23,36-37,39H,5-18,22,24-35H2,1-4H3/b20-19-,23-21-. The molecule has 0 heterocycles. The maximum Gasteiger partial charge on any atom is 0.316 e. The summed E-state index contributed by atoms with van der Waals surface area (Å²) in [5.41, 5.74) is 0. The van der Waals surface area contributed by atoms with E-state index in [0.29, 0.717) is 12.8 Å². The summed E-state index contributed by atoms with van der Waals surface area (Å²) in [4.78, 5) is 37.8. The van der Waals surface area contributed by atoms with Crippen molar-refractivity contribution in [3.05, 3.63) is 30.7 Å². The van der Waals surface area contributed by atoms with Gasteiger partial charge in [-0.05, 0) is 63.7 Å². The van der Waals surface area contributed by atoms with E-state index in [1.807, 2.05) is 0 Å². The van der Waals surface area contributed by atoms with Crippen LogP contribution in [0.1, 0.15) is 194 Å². The molecule has 0 aromatic rings. The van der Waals surface area contributed by atoms with E-state index >= 15 is 0 Å². The lowest BCUT2D eigenvalue weighted by Crippen LogP contribution is -2.29. The van der Waals surface area contributed by atoms with Gasteiger partial charge in [-0.3, -0.25) is 14.4 Å². The Morgan fingerprint density at radius 2 is 0.956 bits per heavy atom. The Morgan fingerprint density at radius 1 is 0.556 bits per heavy atom. The SMILES string of the molecule is CCCCCCCC/C=C\CCCCCCCC(=O)[CH]C(C(=O)CC(C)CCCCC/C=C\CCCCCCCC)C(=O)OC. The summed E-state index contributed by atoms with van der Waals surface area (Å²) < 4.78 is 4.87. The molecule has 0 saturated heterocycles. The lowest BCUT2D eigenvalue weighted by atomic mass is 9.88. The summed E-state index contributed by atoms with van der Waals surface area (Å²) in [7, 11) is 1.29. The van der Waals surface area contributed by atoms with Crippen molar-refractivity contribution < 1.29 is 19.1 Å². The highest BCUT2D eigenvalue weighted by atomic mass is 16.5. The minimum atomic E-state index is -1.06. The summed E-state index contributed by atoms with van der Waals surface area (Å²) in [6, 6.07) is 0. The second-order valence-corrected chi connectivity index (χ2v) is 13.4. The second kappa shape index (κ2) is 33.6. The first-order valence-electron chi connectivity index (χ1n) is 19.2. The van der Waals surface area contributed by atoms with Crippen LogP contribution in [0.25, 0.3) is 0 Å². The zero-order valence-corrected chi connectivity index (χ0v) is 30.3. The summed E-state index contributed by atoms with van der Waals surface area (Å²) >= 11 is 0. The minimum absolute atomic E-state index is 0.117. The van der Waals surface area contributed by atoms with Gasteiger partial charge in [0.15, 0.2) is 0 Å². The number of esters is 1. The Kier molecular flexibility index (Phi) is 32.4. The Labute approximate surface area is 280 Å². The third-order valence-electron chi connectivity index (χ3n) is 8.85. The van der Waals surface area contributed by atoms with Crippen LogP contribution >= 0.6 is 0 Å². The lowest BCUT2D eigenvalue weighted by molar-refractivity contribution is -0.149. The van der Waals surface area contributed by atoms with Gasteiger partial charge >= 0.3 is 5.97 Å². The van der Waals surface area contributed by atoms with Crippen molar-refractivity contribution in [2.45, 2.75) is 194 Å². The average Bonchev–Trinajstić information content (AvgIpc) is 3.03. The molecule has 0 amide bonds. The van der Waals surface area contributed by atoms with Gasteiger partial charge in [0, 0.05) is 19.3 Å². The van der Waals surface area contributed by atoms with Crippen LogP contribution in [0.4, 0.5) is 0 Å². The highest BCUT2D eigenvalue weighted by Gasteiger charge is 2.30.